The molecule has 1 aromatic carbocycles. The van der Waals surface area contributed by atoms with Gasteiger partial charge in [0.2, 0.25) is 10.0 Å². The summed E-state index contributed by atoms with van der Waals surface area (Å²) < 4.78 is 40.1. The third kappa shape index (κ3) is 4.64. The van der Waals surface area contributed by atoms with E-state index in [1.54, 1.807) is 6.92 Å². The van der Waals surface area contributed by atoms with Gasteiger partial charge in [0, 0.05) is 12.1 Å². The minimum Gasteiger partial charge on any atom is -0.324 e. The molecule has 0 aliphatic heterocycles. The van der Waals surface area contributed by atoms with E-state index in [-0.39, 0.29) is 23.8 Å². The van der Waals surface area contributed by atoms with Crippen LogP contribution < -0.4 is 10.5 Å². The monoisotopic (exact) mass is 336 g/mol. The lowest BCUT2D eigenvalue weighted by molar-refractivity contribution is 0.296. The summed E-state index contributed by atoms with van der Waals surface area (Å²) in [6, 6.07) is 3.66. The Bertz CT molecular complexity index is 587. The van der Waals surface area contributed by atoms with E-state index < -0.39 is 21.4 Å². The Labute approximate surface area is 131 Å². The summed E-state index contributed by atoms with van der Waals surface area (Å²) in [5.74, 6) is -0.441. The molecule has 0 amide bonds. The molecule has 0 aromatic heterocycles. The van der Waals surface area contributed by atoms with Crippen molar-refractivity contribution in [2.24, 2.45) is 5.73 Å². The van der Waals surface area contributed by atoms with Crippen molar-refractivity contribution >= 4 is 22.4 Å². The van der Waals surface area contributed by atoms with Gasteiger partial charge in [-0.05, 0) is 43.5 Å². The van der Waals surface area contributed by atoms with Crippen LogP contribution in [0, 0.1) is 12.7 Å². The average Bonchev–Trinajstić information content (AvgIpc) is 2.37. The van der Waals surface area contributed by atoms with Gasteiger partial charge >= 0.3 is 0 Å². The third-order valence-corrected chi connectivity index (χ3v) is 5.45. The molecule has 4 nitrogen and oxygen atoms in total. The Morgan fingerprint density at radius 1 is 1.29 bits per heavy atom. The number of sulfonamides is 1. The normalized spacial score (nSPS) is 18.0. The van der Waals surface area contributed by atoms with Crippen LogP contribution in [0.4, 0.5) is 4.39 Å². The first-order valence-corrected chi connectivity index (χ1v) is 8.35. The van der Waals surface area contributed by atoms with Crippen molar-refractivity contribution in [3.05, 3.63) is 29.6 Å². The van der Waals surface area contributed by atoms with E-state index in [1.807, 2.05) is 0 Å². The molecule has 21 heavy (non-hydrogen) atoms. The highest BCUT2D eigenvalue weighted by atomic mass is 35.5. The van der Waals surface area contributed by atoms with Crippen LogP contribution in [0.5, 0.6) is 0 Å². The molecule has 0 spiro atoms. The topological polar surface area (TPSA) is 72.2 Å². The molecule has 7 heteroatoms. The maximum absolute atomic E-state index is 13.0. The summed E-state index contributed by atoms with van der Waals surface area (Å²) >= 11 is 0. The first-order chi connectivity index (χ1) is 9.32. The summed E-state index contributed by atoms with van der Waals surface area (Å²) in [5, 5.41) is 0. The number of hydrogen-bond acceptors (Lipinski definition) is 3. The molecule has 0 heterocycles. The molecule has 0 unspecified atom stereocenters. The SMILES string of the molecule is Cc1cc(F)ccc1S(=O)(=O)NCC1(N)CCCCC1.Cl. The van der Waals surface area contributed by atoms with Gasteiger partial charge in [-0.1, -0.05) is 19.3 Å². The zero-order valence-corrected chi connectivity index (χ0v) is 13.7. The van der Waals surface area contributed by atoms with Crippen LogP contribution in [0.25, 0.3) is 0 Å². The van der Waals surface area contributed by atoms with Crippen LogP contribution in [0.1, 0.15) is 37.7 Å². The second kappa shape index (κ2) is 7.05. The molecule has 0 atom stereocenters. The summed E-state index contributed by atoms with van der Waals surface area (Å²) in [6.45, 7) is 1.81. The second-order valence-electron chi connectivity index (χ2n) is 5.66. The van der Waals surface area contributed by atoms with Crippen molar-refractivity contribution in [3.63, 3.8) is 0 Å². The van der Waals surface area contributed by atoms with E-state index in [4.69, 9.17) is 5.73 Å². The molecule has 1 saturated carbocycles. The van der Waals surface area contributed by atoms with Crippen molar-refractivity contribution < 1.29 is 12.8 Å². The maximum atomic E-state index is 13.0. The molecule has 0 bridgehead atoms. The minimum atomic E-state index is -3.64. The van der Waals surface area contributed by atoms with E-state index in [9.17, 15) is 12.8 Å². The Morgan fingerprint density at radius 3 is 2.48 bits per heavy atom. The second-order valence-corrected chi connectivity index (χ2v) is 7.39. The van der Waals surface area contributed by atoms with Crippen LogP contribution in [-0.2, 0) is 10.0 Å². The fourth-order valence-corrected chi connectivity index (χ4v) is 4.03. The highest BCUT2D eigenvalue weighted by Gasteiger charge is 2.29. The number of halogens is 2. The highest BCUT2D eigenvalue weighted by molar-refractivity contribution is 7.89. The lowest BCUT2D eigenvalue weighted by Crippen LogP contribution is -2.51. The van der Waals surface area contributed by atoms with Crippen molar-refractivity contribution in [1.29, 1.82) is 0 Å². The van der Waals surface area contributed by atoms with Crippen molar-refractivity contribution in [2.45, 2.75) is 49.5 Å². The number of nitrogens with two attached hydrogens (primary N) is 1. The Balaban J connectivity index is 0.00000220. The van der Waals surface area contributed by atoms with Crippen LogP contribution in [0.3, 0.4) is 0 Å². The molecule has 0 saturated heterocycles. The van der Waals surface area contributed by atoms with Crippen LogP contribution in [0.2, 0.25) is 0 Å². The number of benzene rings is 1. The number of hydrogen-bond donors (Lipinski definition) is 2. The summed E-state index contributed by atoms with van der Waals surface area (Å²) in [6.07, 6.45) is 4.89. The zero-order valence-electron chi connectivity index (χ0n) is 12.1. The average molecular weight is 337 g/mol. The van der Waals surface area contributed by atoms with Crippen LogP contribution in [0.15, 0.2) is 23.1 Å². The molecule has 0 radical (unpaired) electrons. The van der Waals surface area contributed by atoms with Gasteiger partial charge in [-0.3, -0.25) is 0 Å². The quantitative estimate of drug-likeness (QED) is 0.887. The van der Waals surface area contributed by atoms with Gasteiger partial charge in [0.05, 0.1) is 4.90 Å². The van der Waals surface area contributed by atoms with E-state index >= 15 is 0 Å². The fraction of sp³-hybridized carbons (Fsp3) is 0.571. The van der Waals surface area contributed by atoms with Gasteiger partial charge in [-0.25, -0.2) is 17.5 Å². The summed E-state index contributed by atoms with van der Waals surface area (Å²) in [4.78, 5) is 0.110. The number of aryl methyl sites for hydroxylation is 1. The molecule has 2 rings (SSSR count). The number of nitrogens with one attached hydrogen (secondary N) is 1. The predicted octanol–water partition coefficient (Wildman–Crippen LogP) is 2.50. The molecule has 120 valence electrons. The molecule has 1 aliphatic rings. The van der Waals surface area contributed by atoms with Crippen LogP contribution in [-0.4, -0.2) is 20.5 Å². The standard InChI is InChI=1S/C14H21FN2O2S.ClH/c1-11-9-12(15)5-6-13(11)20(18,19)17-10-14(16)7-3-2-4-8-14;/h5-6,9,17H,2-4,7-8,10,16H2,1H3;1H. The first-order valence-electron chi connectivity index (χ1n) is 6.87. The van der Waals surface area contributed by atoms with Gasteiger partial charge < -0.3 is 5.73 Å². The molecule has 3 N–H and O–H groups in total. The molecular formula is C14H22ClFN2O2S. The lowest BCUT2D eigenvalue weighted by atomic mass is 9.83. The zero-order chi connectivity index (χ0) is 14.8. The van der Waals surface area contributed by atoms with E-state index in [0.717, 1.165) is 38.2 Å². The summed E-state index contributed by atoms with van der Waals surface area (Å²) in [5.41, 5.74) is 6.16. The Hall–Kier alpha value is -0.690. The van der Waals surface area contributed by atoms with Crippen molar-refractivity contribution in [1.82, 2.24) is 4.72 Å². The van der Waals surface area contributed by atoms with E-state index in [0.29, 0.717) is 5.56 Å². The maximum Gasteiger partial charge on any atom is 0.240 e. The molecule has 1 aromatic rings. The Morgan fingerprint density at radius 2 is 1.90 bits per heavy atom. The minimum absolute atomic E-state index is 0. The van der Waals surface area contributed by atoms with E-state index in [2.05, 4.69) is 4.72 Å². The fourth-order valence-electron chi connectivity index (χ4n) is 2.66. The van der Waals surface area contributed by atoms with Gasteiger partial charge in [0.25, 0.3) is 0 Å². The lowest BCUT2D eigenvalue weighted by Gasteiger charge is -2.33. The molecule has 1 aliphatic carbocycles. The van der Waals surface area contributed by atoms with E-state index in [1.165, 1.54) is 12.1 Å². The largest absolute Gasteiger partial charge is 0.324 e. The molecular weight excluding hydrogens is 315 g/mol. The van der Waals surface area contributed by atoms with Crippen LogP contribution >= 0.6 is 12.4 Å². The third-order valence-electron chi connectivity index (χ3n) is 3.89. The predicted molar refractivity (Wildman–Crippen MR) is 83.6 cm³/mol. The summed E-state index contributed by atoms with van der Waals surface area (Å²) in [7, 11) is -3.64. The van der Waals surface area contributed by atoms with Gasteiger partial charge in [-0.15, -0.1) is 12.4 Å². The van der Waals surface area contributed by atoms with Gasteiger partial charge in [0.1, 0.15) is 5.82 Å². The van der Waals surface area contributed by atoms with Gasteiger partial charge in [0.15, 0.2) is 0 Å². The first kappa shape index (κ1) is 18.4. The Kier molecular flexibility index (Phi) is 6.16. The van der Waals surface area contributed by atoms with Crippen molar-refractivity contribution in [2.75, 3.05) is 6.54 Å². The smallest absolute Gasteiger partial charge is 0.240 e. The molecule has 1 fully saturated rings. The van der Waals surface area contributed by atoms with Gasteiger partial charge in [-0.2, -0.15) is 0 Å². The van der Waals surface area contributed by atoms with Crippen molar-refractivity contribution in [3.8, 4) is 0 Å². The number of rotatable bonds is 4. The highest BCUT2D eigenvalue weighted by Crippen LogP contribution is 2.26.